The van der Waals surface area contributed by atoms with E-state index in [9.17, 15) is 9.59 Å². The minimum Gasteiger partial charge on any atom is -0.452 e. The number of carbonyl (C=O) groups is 2. The van der Waals surface area contributed by atoms with Gasteiger partial charge in [0, 0.05) is 23.4 Å². The lowest BCUT2D eigenvalue weighted by Crippen LogP contribution is -2.12. The summed E-state index contributed by atoms with van der Waals surface area (Å²) in [5.74, 6) is 0.284. The van der Waals surface area contributed by atoms with E-state index in [1.54, 1.807) is 18.7 Å². The van der Waals surface area contributed by atoms with Crippen LogP contribution >= 0.6 is 46.6 Å². The van der Waals surface area contributed by atoms with Crippen LogP contribution in [0.2, 0.25) is 0 Å². The van der Waals surface area contributed by atoms with Crippen LogP contribution in [-0.2, 0) is 16.1 Å². The number of benzene rings is 1. The Bertz CT molecular complexity index is 678. The first-order chi connectivity index (χ1) is 11.6. The van der Waals surface area contributed by atoms with E-state index >= 15 is 0 Å². The molecule has 128 valence electrons. The minimum absolute atomic E-state index is 0.172. The fraction of sp³-hybridized carbons (Fsp3) is 0.333. The largest absolute Gasteiger partial charge is 0.452 e. The molecule has 9 heteroatoms. The van der Waals surface area contributed by atoms with Crippen LogP contribution in [0.5, 0.6) is 0 Å². The molecule has 0 aliphatic carbocycles. The Hall–Kier alpha value is -1.03. The molecule has 24 heavy (non-hydrogen) atoms. The van der Waals surface area contributed by atoms with Crippen LogP contribution in [0.3, 0.4) is 0 Å². The molecule has 0 aliphatic heterocycles. The molecule has 2 rings (SSSR count). The zero-order chi connectivity index (χ0) is 17.4. The van der Waals surface area contributed by atoms with Crippen molar-refractivity contribution in [1.29, 1.82) is 0 Å². The highest BCUT2D eigenvalue weighted by atomic mass is 32.2. The van der Waals surface area contributed by atoms with Crippen molar-refractivity contribution >= 4 is 57.0 Å². The standard InChI is InChI=1S/C15H16N2O3S4/c1-10(9-22-14-17-16-13(21-2)24-14)12(18)23-15(19)20-8-11-6-4-3-5-7-11/h3-7,10H,8-9H2,1-2H3. The van der Waals surface area contributed by atoms with E-state index in [0.29, 0.717) is 17.5 Å². The van der Waals surface area contributed by atoms with Crippen molar-refractivity contribution < 1.29 is 14.3 Å². The van der Waals surface area contributed by atoms with Crippen LogP contribution in [-0.4, -0.2) is 32.6 Å². The van der Waals surface area contributed by atoms with E-state index in [1.807, 2.05) is 36.6 Å². The van der Waals surface area contributed by atoms with Gasteiger partial charge in [-0.1, -0.05) is 72.1 Å². The maximum Gasteiger partial charge on any atom is 0.375 e. The Kier molecular flexibility index (Phi) is 8.10. The molecule has 5 nitrogen and oxygen atoms in total. The van der Waals surface area contributed by atoms with Gasteiger partial charge in [0.1, 0.15) is 6.61 Å². The summed E-state index contributed by atoms with van der Waals surface area (Å²) in [7, 11) is 0. The smallest absolute Gasteiger partial charge is 0.375 e. The van der Waals surface area contributed by atoms with Gasteiger partial charge in [-0.05, 0) is 11.8 Å². The van der Waals surface area contributed by atoms with Gasteiger partial charge in [0.25, 0.3) is 0 Å². The molecule has 1 aromatic heterocycles. The number of aromatic nitrogens is 2. The lowest BCUT2D eigenvalue weighted by Gasteiger charge is -2.08. The van der Waals surface area contributed by atoms with Gasteiger partial charge in [-0.3, -0.25) is 4.79 Å². The molecule has 0 saturated heterocycles. The first-order valence-corrected chi connectivity index (χ1v) is 10.9. The van der Waals surface area contributed by atoms with Gasteiger partial charge in [-0.15, -0.1) is 10.2 Å². The molecule has 0 fully saturated rings. The second kappa shape index (κ2) is 10.1. The predicted octanol–water partition coefficient (Wildman–Crippen LogP) is 4.58. The molecular formula is C15H16N2O3S4. The summed E-state index contributed by atoms with van der Waals surface area (Å²) in [6, 6.07) is 9.37. The fourth-order valence-electron chi connectivity index (χ4n) is 1.53. The quantitative estimate of drug-likeness (QED) is 0.494. The van der Waals surface area contributed by atoms with Crippen molar-refractivity contribution in [1.82, 2.24) is 10.2 Å². The SMILES string of the molecule is CSc1nnc(SCC(C)C(=O)SC(=O)OCc2ccccc2)s1. The molecule has 0 N–H and O–H groups in total. The summed E-state index contributed by atoms with van der Waals surface area (Å²) in [4.78, 5) is 23.8. The lowest BCUT2D eigenvalue weighted by atomic mass is 10.2. The second-order valence-electron chi connectivity index (χ2n) is 4.70. The van der Waals surface area contributed by atoms with E-state index in [-0.39, 0.29) is 17.6 Å². The minimum atomic E-state index is -0.568. The lowest BCUT2D eigenvalue weighted by molar-refractivity contribution is -0.113. The Balaban J connectivity index is 1.71. The summed E-state index contributed by atoms with van der Waals surface area (Å²) in [5, 5.41) is 7.28. The molecule has 0 spiro atoms. The Morgan fingerprint density at radius 2 is 1.92 bits per heavy atom. The van der Waals surface area contributed by atoms with E-state index < -0.39 is 5.30 Å². The van der Waals surface area contributed by atoms with Gasteiger partial charge in [0.15, 0.2) is 8.68 Å². The molecule has 2 aromatic rings. The number of nitrogens with zero attached hydrogens (tertiary/aromatic N) is 2. The van der Waals surface area contributed by atoms with Crippen LogP contribution in [0.4, 0.5) is 4.79 Å². The average Bonchev–Trinajstić information content (AvgIpc) is 3.07. The number of hydrogen-bond donors (Lipinski definition) is 0. The first-order valence-electron chi connectivity index (χ1n) is 7.01. The Morgan fingerprint density at radius 1 is 1.21 bits per heavy atom. The zero-order valence-corrected chi connectivity index (χ0v) is 16.4. The van der Waals surface area contributed by atoms with E-state index in [1.165, 1.54) is 23.1 Å². The molecular weight excluding hydrogens is 384 g/mol. The number of ether oxygens (including phenoxy) is 1. The summed E-state index contributed by atoms with van der Waals surface area (Å²) in [5.41, 5.74) is 0.892. The van der Waals surface area contributed by atoms with Crippen LogP contribution in [0, 0.1) is 5.92 Å². The molecule has 0 bridgehead atoms. The predicted molar refractivity (Wildman–Crippen MR) is 101 cm³/mol. The normalized spacial score (nSPS) is 11.9. The van der Waals surface area contributed by atoms with Crippen molar-refractivity contribution in [3.8, 4) is 0 Å². The van der Waals surface area contributed by atoms with Crippen molar-refractivity contribution in [2.24, 2.45) is 5.92 Å². The van der Waals surface area contributed by atoms with Crippen LogP contribution in [0.15, 0.2) is 39.0 Å². The molecule has 1 atom stereocenters. The topological polar surface area (TPSA) is 69.2 Å². The highest BCUT2D eigenvalue weighted by molar-refractivity contribution is 8.25. The van der Waals surface area contributed by atoms with Crippen LogP contribution in [0.25, 0.3) is 0 Å². The molecule has 1 heterocycles. The third-order valence-corrected chi connectivity index (χ3v) is 6.99. The third-order valence-electron chi connectivity index (χ3n) is 2.81. The van der Waals surface area contributed by atoms with Crippen molar-refractivity contribution in [2.75, 3.05) is 12.0 Å². The average molecular weight is 401 g/mol. The van der Waals surface area contributed by atoms with Gasteiger partial charge in [-0.2, -0.15) is 0 Å². The zero-order valence-electron chi connectivity index (χ0n) is 13.1. The fourth-order valence-corrected chi connectivity index (χ4v) is 4.69. The maximum absolute atomic E-state index is 12.1. The summed E-state index contributed by atoms with van der Waals surface area (Å²) in [6.45, 7) is 1.97. The van der Waals surface area contributed by atoms with Gasteiger partial charge in [0.05, 0.1) is 0 Å². The summed E-state index contributed by atoms with van der Waals surface area (Å²) < 4.78 is 6.83. The highest BCUT2D eigenvalue weighted by Crippen LogP contribution is 2.29. The molecule has 0 radical (unpaired) electrons. The second-order valence-corrected chi connectivity index (χ2v) is 8.93. The van der Waals surface area contributed by atoms with Crippen molar-refractivity contribution in [3.05, 3.63) is 35.9 Å². The monoisotopic (exact) mass is 400 g/mol. The summed E-state index contributed by atoms with van der Waals surface area (Å²) >= 11 is 5.14. The molecule has 1 aromatic carbocycles. The van der Waals surface area contributed by atoms with Crippen LogP contribution < -0.4 is 0 Å². The van der Waals surface area contributed by atoms with Crippen molar-refractivity contribution in [2.45, 2.75) is 22.2 Å². The number of thioether (sulfide) groups is 3. The van der Waals surface area contributed by atoms with E-state index in [0.717, 1.165) is 14.2 Å². The number of hydrogen-bond acceptors (Lipinski definition) is 9. The van der Waals surface area contributed by atoms with Gasteiger partial charge in [-0.25, -0.2) is 4.79 Å². The number of carbonyl (C=O) groups excluding carboxylic acids is 2. The van der Waals surface area contributed by atoms with Crippen molar-refractivity contribution in [3.63, 3.8) is 0 Å². The first kappa shape index (κ1) is 19.3. The Morgan fingerprint density at radius 3 is 2.58 bits per heavy atom. The van der Waals surface area contributed by atoms with Gasteiger partial charge >= 0.3 is 5.30 Å². The Labute approximate surface area is 157 Å². The molecule has 1 unspecified atom stereocenters. The van der Waals surface area contributed by atoms with Gasteiger partial charge in [0.2, 0.25) is 5.12 Å². The molecule has 0 saturated carbocycles. The molecule has 0 amide bonds. The number of rotatable bonds is 7. The third kappa shape index (κ3) is 6.46. The van der Waals surface area contributed by atoms with E-state index in [2.05, 4.69) is 10.2 Å². The summed E-state index contributed by atoms with van der Waals surface area (Å²) in [6.07, 6.45) is 1.94. The van der Waals surface area contributed by atoms with Crippen LogP contribution in [0.1, 0.15) is 12.5 Å². The van der Waals surface area contributed by atoms with E-state index in [4.69, 9.17) is 4.74 Å². The maximum atomic E-state index is 12.1. The highest BCUT2D eigenvalue weighted by Gasteiger charge is 2.20. The van der Waals surface area contributed by atoms with Gasteiger partial charge < -0.3 is 4.74 Å². The molecule has 0 aliphatic rings.